The number of fused-ring (bicyclic) bond motifs is 2. The van der Waals surface area contributed by atoms with Crippen molar-refractivity contribution in [3.8, 4) is 5.69 Å². The van der Waals surface area contributed by atoms with Crippen LogP contribution >= 0.6 is 15.9 Å². The summed E-state index contributed by atoms with van der Waals surface area (Å²) in [5, 5.41) is 2.94. The largest absolute Gasteiger partial charge is 0.348 e. The summed E-state index contributed by atoms with van der Waals surface area (Å²) in [6.45, 7) is 2.13. The Labute approximate surface area is 245 Å². The molecule has 41 heavy (non-hydrogen) atoms. The van der Waals surface area contributed by atoms with Gasteiger partial charge in [-0.3, -0.25) is 14.1 Å². The number of aromatic nitrogens is 3. The first-order valence-electron chi connectivity index (χ1n) is 12.8. The van der Waals surface area contributed by atoms with Crippen molar-refractivity contribution < 1.29 is 13.2 Å². The number of hydrogen-bond donors (Lipinski definition) is 2. The number of aryl methyl sites for hydroxylation is 1. The van der Waals surface area contributed by atoms with Crippen molar-refractivity contribution in [1.29, 1.82) is 0 Å². The molecule has 1 amide bonds. The van der Waals surface area contributed by atoms with Crippen molar-refractivity contribution in [3.63, 3.8) is 0 Å². The molecule has 2 heterocycles. The summed E-state index contributed by atoms with van der Waals surface area (Å²) in [5.74, 6) is -0.440. The van der Waals surface area contributed by atoms with E-state index in [9.17, 15) is 13.2 Å². The van der Waals surface area contributed by atoms with E-state index in [1.807, 2.05) is 79.7 Å². The molecule has 6 rings (SSSR count). The molecule has 0 unspecified atom stereocenters. The summed E-state index contributed by atoms with van der Waals surface area (Å²) in [4.78, 5) is 23.6. The molecule has 0 spiro atoms. The number of anilines is 1. The molecule has 2 N–H and O–H groups in total. The minimum atomic E-state index is -4.10. The highest BCUT2D eigenvalue weighted by Crippen LogP contribution is 2.35. The molecule has 0 fully saturated rings. The predicted molar refractivity (Wildman–Crippen MR) is 164 cm³/mol. The highest BCUT2D eigenvalue weighted by molar-refractivity contribution is 9.10. The van der Waals surface area contributed by atoms with Crippen molar-refractivity contribution in [2.45, 2.75) is 18.4 Å². The average molecular weight is 627 g/mol. The first-order chi connectivity index (χ1) is 19.8. The van der Waals surface area contributed by atoms with E-state index in [1.165, 1.54) is 12.1 Å². The van der Waals surface area contributed by atoms with Crippen LogP contribution in [-0.4, -0.2) is 28.9 Å². The van der Waals surface area contributed by atoms with Crippen LogP contribution in [0.4, 0.5) is 5.82 Å². The quantitative estimate of drug-likeness (QED) is 0.214. The van der Waals surface area contributed by atoms with Gasteiger partial charge in [0, 0.05) is 16.7 Å². The van der Waals surface area contributed by atoms with Gasteiger partial charge in [-0.1, -0.05) is 76.1 Å². The van der Waals surface area contributed by atoms with E-state index in [0.29, 0.717) is 22.4 Å². The highest BCUT2D eigenvalue weighted by Gasteiger charge is 2.29. The molecular weight excluding hydrogens is 602 g/mol. The summed E-state index contributed by atoms with van der Waals surface area (Å²) in [6, 6.07) is 30.6. The molecule has 4 aromatic carbocycles. The second kappa shape index (κ2) is 10.8. The second-order valence-electron chi connectivity index (χ2n) is 9.51. The number of carbonyl (C=O) groups excluding carboxylic acids is 1. The minimum absolute atomic E-state index is 0.0452. The summed E-state index contributed by atoms with van der Waals surface area (Å²) in [6.07, 6.45) is 0. The van der Waals surface area contributed by atoms with Crippen molar-refractivity contribution in [1.82, 2.24) is 19.9 Å². The lowest BCUT2D eigenvalue weighted by Crippen LogP contribution is -2.25. The Hall–Kier alpha value is -4.54. The van der Waals surface area contributed by atoms with Gasteiger partial charge in [-0.25, -0.2) is 18.4 Å². The van der Waals surface area contributed by atoms with Gasteiger partial charge in [0.05, 0.1) is 15.9 Å². The Morgan fingerprint density at radius 1 is 0.829 bits per heavy atom. The van der Waals surface area contributed by atoms with Crippen LogP contribution in [0, 0.1) is 6.92 Å². The number of sulfonamides is 1. The van der Waals surface area contributed by atoms with Crippen LogP contribution in [0.3, 0.4) is 0 Å². The molecule has 8 nitrogen and oxygen atoms in total. The van der Waals surface area contributed by atoms with E-state index >= 15 is 0 Å². The number of nitrogens with zero attached hydrogens (tertiary/aromatic N) is 3. The molecule has 0 aliphatic heterocycles. The normalized spacial score (nSPS) is 11.6. The van der Waals surface area contributed by atoms with Gasteiger partial charge in [-0.15, -0.1) is 0 Å². The zero-order valence-electron chi connectivity index (χ0n) is 21.9. The fourth-order valence-electron chi connectivity index (χ4n) is 4.57. The lowest BCUT2D eigenvalue weighted by molar-refractivity contribution is 0.0953. The minimum Gasteiger partial charge on any atom is -0.348 e. The predicted octanol–water partition coefficient (Wildman–Crippen LogP) is 6.38. The Kier molecular flexibility index (Phi) is 7.02. The third kappa shape index (κ3) is 5.31. The molecule has 0 aliphatic rings. The third-order valence-corrected chi connectivity index (χ3v) is 8.51. The summed E-state index contributed by atoms with van der Waals surface area (Å²) in [7, 11) is -4.10. The number of benzene rings is 4. The average Bonchev–Trinajstić information content (AvgIpc) is 3.27. The van der Waals surface area contributed by atoms with Crippen LogP contribution in [0.15, 0.2) is 112 Å². The van der Waals surface area contributed by atoms with E-state index in [4.69, 9.17) is 9.97 Å². The number of amides is 1. The van der Waals surface area contributed by atoms with Crippen molar-refractivity contribution >= 4 is 59.9 Å². The number of carbonyl (C=O) groups is 1. The summed E-state index contributed by atoms with van der Waals surface area (Å²) < 4.78 is 32.6. The van der Waals surface area contributed by atoms with Gasteiger partial charge in [0.25, 0.3) is 15.9 Å². The van der Waals surface area contributed by atoms with E-state index in [0.717, 1.165) is 15.6 Å². The Morgan fingerprint density at radius 2 is 1.46 bits per heavy atom. The number of rotatable bonds is 7. The van der Waals surface area contributed by atoms with Gasteiger partial charge >= 0.3 is 0 Å². The molecule has 0 aliphatic carbocycles. The van der Waals surface area contributed by atoms with E-state index in [2.05, 4.69) is 26.0 Å². The molecule has 0 radical (unpaired) electrons. The second-order valence-corrected chi connectivity index (χ2v) is 12.1. The van der Waals surface area contributed by atoms with Crippen molar-refractivity contribution in [2.24, 2.45) is 0 Å². The molecule has 10 heteroatoms. The zero-order valence-corrected chi connectivity index (χ0v) is 24.3. The van der Waals surface area contributed by atoms with Crippen LogP contribution in [0.25, 0.3) is 27.9 Å². The SMILES string of the molecule is Cc1ccc(S(=O)(=O)Nc2c(C(=O)NCc3ccccc3)c3nc4ccccc4nc3n2-c2ccc(Br)cc2)cc1. The van der Waals surface area contributed by atoms with Gasteiger partial charge in [0.15, 0.2) is 5.65 Å². The van der Waals surface area contributed by atoms with Gasteiger partial charge < -0.3 is 5.32 Å². The van der Waals surface area contributed by atoms with Crippen LogP contribution in [0.1, 0.15) is 21.5 Å². The molecule has 0 saturated carbocycles. The first-order valence-corrected chi connectivity index (χ1v) is 15.1. The van der Waals surface area contributed by atoms with Crippen LogP contribution in [0.5, 0.6) is 0 Å². The van der Waals surface area contributed by atoms with E-state index < -0.39 is 15.9 Å². The summed E-state index contributed by atoms with van der Waals surface area (Å²) in [5.41, 5.74) is 4.32. The molecule has 2 aromatic heterocycles. The maximum Gasteiger partial charge on any atom is 0.263 e. The Bertz CT molecular complexity index is 2010. The fraction of sp³-hybridized carbons (Fsp3) is 0.0645. The molecule has 6 aromatic rings. The first kappa shape index (κ1) is 26.7. The van der Waals surface area contributed by atoms with Gasteiger partial charge in [0.1, 0.15) is 16.9 Å². The van der Waals surface area contributed by atoms with Crippen molar-refractivity contribution in [2.75, 3.05) is 4.72 Å². The van der Waals surface area contributed by atoms with Gasteiger partial charge in [0.2, 0.25) is 0 Å². The standard InChI is InChI=1S/C31H24BrN5O3S/c1-20-11-17-24(18-12-20)41(39,40)36-29-27(31(38)33-19-21-7-3-2-4-8-21)28-30(35-26-10-6-5-9-25(26)34-28)37(29)23-15-13-22(32)14-16-23/h2-18,36H,19H2,1H3,(H,33,38). The monoisotopic (exact) mass is 625 g/mol. The van der Waals surface area contributed by atoms with Gasteiger partial charge in [-0.05, 0) is 61.0 Å². The van der Waals surface area contributed by atoms with Crippen molar-refractivity contribution in [3.05, 3.63) is 124 Å². The van der Waals surface area contributed by atoms with Gasteiger partial charge in [-0.2, -0.15) is 0 Å². The van der Waals surface area contributed by atoms with E-state index in [-0.39, 0.29) is 28.3 Å². The lowest BCUT2D eigenvalue weighted by Gasteiger charge is -2.15. The molecular formula is C31H24BrN5O3S. The third-order valence-electron chi connectivity index (χ3n) is 6.63. The maximum atomic E-state index is 13.9. The molecule has 0 atom stereocenters. The van der Waals surface area contributed by atoms with E-state index in [1.54, 1.807) is 22.8 Å². The van der Waals surface area contributed by atoms with Crippen LogP contribution in [0.2, 0.25) is 0 Å². The number of para-hydroxylation sites is 2. The Morgan fingerprint density at radius 3 is 2.15 bits per heavy atom. The highest BCUT2D eigenvalue weighted by atomic mass is 79.9. The molecule has 0 bridgehead atoms. The zero-order chi connectivity index (χ0) is 28.6. The molecule has 0 saturated heterocycles. The fourth-order valence-corrected chi connectivity index (χ4v) is 5.89. The number of hydrogen-bond acceptors (Lipinski definition) is 5. The lowest BCUT2D eigenvalue weighted by atomic mass is 10.2. The topological polar surface area (TPSA) is 106 Å². The maximum absolute atomic E-state index is 13.9. The summed E-state index contributed by atoms with van der Waals surface area (Å²) >= 11 is 3.46. The van der Waals surface area contributed by atoms with Crippen LogP contribution in [-0.2, 0) is 16.6 Å². The smallest absolute Gasteiger partial charge is 0.263 e. The number of halogens is 1. The number of nitrogens with one attached hydrogen (secondary N) is 2. The van der Waals surface area contributed by atoms with Crippen LogP contribution < -0.4 is 10.0 Å². The Balaban J connectivity index is 1.60. The molecule has 204 valence electrons.